The number of ether oxygens (including phenoxy) is 2. The number of fused-ring (bicyclic) bond motifs is 1. The zero-order chi connectivity index (χ0) is 20.2. The number of benzene rings is 2. The molecule has 1 aliphatic rings. The Bertz CT molecular complexity index is 997. The van der Waals surface area contributed by atoms with Crippen molar-refractivity contribution in [1.29, 1.82) is 0 Å². The van der Waals surface area contributed by atoms with Gasteiger partial charge in [0, 0.05) is 35.6 Å². The van der Waals surface area contributed by atoms with E-state index in [0.29, 0.717) is 19.2 Å². The predicted molar refractivity (Wildman–Crippen MR) is 121 cm³/mol. The maximum atomic E-state index is 5.69. The lowest BCUT2D eigenvalue weighted by atomic mass is 9.90. The van der Waals surface area contributed by atoms with E-state index in [-0.39, 0.29) is 5.92 Å². The number of methoxy groups -OCH3 is 1. The van der Waals surface area contributed by atoms with E-state index in [0.717, 1.165) is 27.7 Å². The molecule has 29 heavy (non-hydrogen) atoms. The molecule has 0 saturated heterocycles. The van der Waals surface area contributed by atoms with Gasteiger partial charge in [-0.2, -0.15) is 0 Å². The number of rotatable bonds is 8. The van der Waals surface area contributed by atoms with Crippen LogP contribution in [0.25, 0.3) is 10.9 Å². The first kappa shape index (κ1) is 19.6. The first-order chi connectivity index (χ1) is 14.2. The molecule has 0 spiro atoms. The standard InChI is InChI=1S/C23H27N3O2S/c1-3-28-21-11-8-15(12-22(21)27-2)18(13-25-23(29)26-16-9-10-16)19-14-24-20-7-5-4-6-17(19)20/h4-8,11-12,14,16,18,24H,3,9-10,13H2,1-2H3,(H2,25,26,29)/t18-/m0/s1. The van der Waals surface area contributed by atoms with Crippen molar-refractivity contribution in [2.24, 2.45) is 0 Å². The molecular weight excluding hydrogens is 382 g/mol. The fourth-order valence-electron chi connectivity index (χ4n) is 3.62. The van der Waals surface area contributed by atoms with E-state index >= 15 is 0 Å². The van der Waals surface area contributed by atoms with Crippen LogP contribution < -0.4 is 20.1 Å². The molecule has 3 aromatic rings. The van der Waals surface area contributed by atoms with Crippen molar-refractivity contribution in [3.8, 4) is 11.5 Å². The number of thiocarbonyl (C=S) groups is 1. The second-order valence-electron chi connectivity index (χ2n) is 7.31. The van der Waals surface area contributed by atoms with Crippen molar-refractivity contribution in [2.75, 3.05) is 20.3 Å². The van der Waals surface area contributed by atoms with Gasteiger partial charge >= 0.3 is 0 Å². The topological polar surface area (TPSA) is 58.3 Å². The van der Waals surface area contributed by atoms with E-state index in [1.165, 1.54) is 23.8 Å². The van der Waals surface area contributed by atoms with Crippen molar-refractivity contribution in [1.82, 2.24) is 15.6 Å². The van der Waals surface area contributed by atoms with E-state index in [9.17, 15) is 0 Å². The van der Waals surface area contributed by atoms with Gasteiger partial charge in [0.25, 0.3) is 0 Å². The number of nitrogens with one attached hydrogen (secondary N) is 3. The van der Waals surface area contributed by atoms with E-state index in [4.69, 9.17) is 21.7 Å². The Labute approximate surface area is 176 Å². The summed E-state index contributed by atoms with van der Waals surface area (Å²) in [5, 5.41) is 8.71. The molecule has 4 rings (SSSR count). The minimum Gasteiger partial charge on any atom is -0.493 e. The van der Waals surface area contributed by atoms with Crippen molar-refractivity contribution in [2.45, 2.75) is 31.7 Å². The largest absolute Gasteiger partial charge is 0.493 e. The summed E-state index contributed by atoms with van der Waals surface area (Å²) in [6, 6.07) is 15.1. The van der Waals surface area contributed by atoms with E-state index in [1.54, 1.807) is 7.11 Å². The zero-order valence-electron chi connectivity index (χ0n) is 16.8. The zero-order valence-corrected chi connectivity index (χ0v) is 17.6. The molecule has 0 amide bonds. The molecule has 1 saturated carbocycles. The van der Waals surface area contributed by atoms with Crippen molar-refractivity contribution >= 4 is 28.2 Å². The summed E-state index contributed by atoms with van der Waals surface area (Å²) in [5.41, 5.74) is 3.51. The highest BCUT2D eigenvalue weighted by molar-refractivity contribution is 7.80. The Morgan fingerprint density at radius 2 is 2.03 bits per heavy atom. The van der Waals surface area contributed by atoms with Crippen LogP contribution in [0.3, 0.4) is 0 Å². The van der Waals surface area contributed by atoms with Gasteiger partial charge in [-0.15, -0.1) is 0 Å². The Hall–Kier alpha value is -2.73. The summed E-state index contributed by atoms with van der Waals surface area (Å²) in [7, 11) is 1.68. The van der Waals surface area contributed by atoms with Gasteiger partial charge in [0.05, 0.1) is 13.7 Å². The fourth-order valence-corrected chi connectivity index (χ4v) is 3.87. The van der Waals surface area contributed by atoms with Crippen LogP contribution in [0.2, 0.25) is 0 Å². The number of hydrogen-bond acceptors (Lipinski definition) is 3. The summed E-state index contributed by atoms with van der Waals surface area (Å²) in [6.45, 7) is 3.27. The molecule has 0 radical (unpaired) electrons. The Morgan fingerprint density at radius 3 is 2.79 bits per heavy atom. The number of aromatic amines is 1. The van der Waals surface area contributed by atoms with E-state index < -0.39 is 0 Å². The molecule has 152 valence electrons. The smallest absolute Gasteiger partial charge is 0.166 e. The average Bonchev–Trinajstić information content (AvgIpc) is 3.45. The van der Waals surface area contributed by atoms with Crippen LogP contribution in [0.15, 0.2) is 48.7 Å². The quantitative estimate of drug-likeness (QED) is 0.484. The minimum absolute atomic E-state index is 0.106. The molecule has 6 heteroatoms. The molecule has 1 aromatic heterocycles. The highest BCUT2D eigenvalue weighted by Gasteiger charge is 2.23. The van der Waals surface area contributed by atoms with Crippen LogP contribution >= 0.6 is 12.2 Å². The van der Waals surface area contributed by atoms with Crippen LogP contribution in [0.1, 0.15) is 36.8 Å². The van der Waals surface area contributed by atoms with Crippen molar-refractivity contribution in [3.05, 3.63) is 59.8 Å². The van der Waals surface area contributed by atoms with Crippen LogP contribution in [-0.2, 0) is 0 Å². The second-order valence-corrected chi connectivity index (χ2v) is 7.72. The van der Waals surface area contributed by atoms with Gasteiger partial charge in [-0.1, -0.05) is 24.3 Å². The van der Waals surface area contributed by atoms with Gasteiger partial charge in [0.1, 0.15) is 0 Å². The molecule has 0 aliphatic heterocycles. The van der Waals surface area contributed by atoms with Gasteiger partial charge in [0.15, 0.2) is 16.6 Å². The lowest BCUT2D eigenvalue weighted by Gasteiger charge is -2.21. The van der Waals surface area contributed by atoms with Gasteiger partial charge in [-0.3, -0.25) is 0 Å². The van der Waals surface area contributed by atoms with Gasteiger partial charge < -0.3 is 25.1 Å². The molecule has 0 unspecified atom stereocenters. The molecule has 2 aromatic carbocycles. The maximum absolute atomic E-state index is 5.69. The van der Waals surface area contributed by atoms with Crippen molar-refractivity contribution < 1.29 is 9.47 Å². The first-order valence-electron chi connectivity index (χ1n) is 10.1. The predicted octanol–water partition coefficient (Wildman–Crippen LogP) is 4.33. The molecule has 3 N–H and O–H groups in total. The summed E-state index contributed by atoms with van der Waals surface area (Å²) >= 11 is 5.49. The Kier molecular flexibility index (Phi) is 5.90. The van der Waals surface area contributed by atoms with E-state index in [2.05, 4.69) is 52.1 Å². The van der Waals surface area contributed by atoms with Crippen LogP contribution in [-0.4, -0.2) is 36.4 Å². The number of H-pyrrole nitrogens is 1. The summed E-state index contributed by atoms with van der Waals surface area (Å²) in [6.07, 6.45) is 4.49. The number of para-hydroxylation sites is 1. The molecule has 1 atom stereocenters. The molecule has 1 heterocycles. The SMILES string of the molecule is CCOc1ccc([C@H](CNC(=S)NC2CC2)c2c[nH]c3ccccc23)cc1OC. The van der Waals surface area contributed by atoms with E-state index in [1.807, 2.05) is 19.1 Å². The molecule has 1 fully saturated rings. The van der Waals surface area contributed by atoms with Gasteiger partial charge in [-0.25, -0.2) is 0 Å². The molecule has 1 aliphatic carbocycles. The van der Waals surface area contributed by atoms with Crippen molar-refractivity contribution in [3.63, 3.8) is 0 Å². The lowest BCUT2D eigenvalue weighted by Crippen LogP contribution is -2.38. The molecule has 0 bridgehead atoms. The van der Waals surface area contributed by atoms with Gasteiger partial charge in [-0.05, 0) is 61.3 Å². The second kappa shape index (κ2) is 8.74. The summed E-state index contributed by atoms with van der Waals surface area (Å²) < 4.78 is 11.3. The lowest BCUT2D eigenvalue weighted by molar-refractivity contribution is 0.310. The van der Waals surface area contributed by atoms with Gasteiger partial charge in [0.2, 0.25) is 0 Å². The fraction of sp³-hybridized carbons (Fsp3) is 0.348. The number of aromatic nitrogens is 1. The third kappa shape index (κ3) is 4.48. The maximum Gasteiger partial charge on any atom is 0.166 e. The van der Waals surface area contributed by atoms with Crippen LogP contribution in [0, 0.1) is 0 Å². The molecular formula is C23H27N3O2S. The third-order valence-electron chi connectivity index (χ3n) is 5.27. The summed E-state index contributed by atoms with van der Waals surface area (Å²) in [5.74, 6) is 1.61. The Balaban J connectivity index is 1.66. The Morgan fingerprint density at radius 1 is 1.21 bits per heavy atom. The normalized spacial score (nSPS) is 14.4. The van der Waals surface area contributed by atoms with Crippen LogP contribution in [0.5, 0.6) is 11.5 Å². The summed E-state index contributed by atoms with van der Waals surface area (Å²) in [4.78, 5) is 3.40. The monoisotopic (exact) mass is 409 g/mol. The third-order valence-corrected chi connectivity index (χ3v) is 5.53. The number of hydrogen-bond donors (Lipinski definition) is 3. The minimum atomic E-state index is 0.106. The average molecular weight is 410 g/mol. The molecule has 5 nitrogen and oxygen atoms in total. The highest BCUT2D eigenvalue weighted by atomic mass is 32.1. The van der Waals surface area contributed by atoms with Crippen LogP contribution in [0.4, 0.5) is 0 Å². The highest BCUT2D eigenvalue weighted by Crippen LogP contribution is 2.35. The first-order valence-corrected chi connectivity index (χ1v) is 10.5.